The second-order valence-corrected chi connectivity index (χ2v) is 3.73. The summed E-state index contributed by atoms with van der Waals surface area (Å²) in [5.41, 5.74) is 0.333. The van der Waals surface area contributed by atoms with Crippen molar-refractivity contribution in [2.45, 2.75) is 19.5 Å². The van der Waals surface area contributed by atoms with Gasteiger partial charge in [0.1, 0.15) is 12.2 Å². The zero-order valence-electron chi connectivity index (χ0n) is 10.1. The fraction of sp³-hybridized carbons (Fsp3) is 0.556. The SMILES string of the molecule is CN(CC(F)F)C(=O)NCc1cn(CC(=O)O)nn1. The summed E-state index contributed by atoms with van der Waals surface area (Å²) in [6, 6.07) is -0.673. The standard InChI is InChI=1S/C9H13F2N5O3/c1-15(4-7(10)11)9(19)12-2-6-3-16(14-13-6)5-8(17)18/h3,7H,2,4-5H2,1H3,(H,12,19)(H,17,18). The Balaban J connectivity index is 2.41. The van der Waals surface area contributed by atoms with Gasteiger partial charge in [0.15, 0.2) is 0 Å². The monoisotopic (exact) mass is 277 g/mol. The summed E-state index contributed by atoms with van der Waals surface area (Å²) >= 11 is 0. The topological polar surface area (TPSA) is 100 Å². The molecule has 0 aliphatic carbocycles. The molecular formula is C9H13F2N5O3. The van der Waals surface area contributed by atoms with Crippen LogP contribution in [-0.4, -0.2) is 57.0 Å². The Morgan fingerprint density at radius 1 is 1.58 bits per heavy atom. The van der Waals surface area contributed by atoms with Crippen LogP contribution in [0.2, 0.25) is 0 Å². The van der Waals surface area contributed by atoms with Crippen molar-refractivity contribution in [2.75, 3.05) is 13.6 Å². The maximum atomic E-state index is 12.0. The van der Waals surface area contributed by atoms with Gasteiger partial charge in [0.25, 0.3) is 6.43 Å². The third kappa shape index (κ3) is 5.27. The predicted octanol–water partition coefficient (Wildman–Crippen LogP) is -0.231. The highest BCUT2D eigenvalue weighted by Gasteiger charge is 2.14. The number of urea groups is 1. The minimum absolute atomic E-state index is 0.0218. The first-order valence-corrected chi connectivity index (χ1v) is 5.26. The zero-order valence-corrected chi connectivity index (χ0v) is 10.1. The number of nitrogens with one attached hydrogen (secondary N) is 1. The third-order valence-corrected chi connectivity index (χ3v) is 2.06. The minimum Gasteiger partial charge on any atom is -0.480 e. The molecule has 2 amide bonds. The van der Waals surface area contributed by atoms with Crippen LogP contribution in [0.25, 0.3) is 0 Å². The molecule has 2 N–H and O–H groups in total. The van der Waals surface area contributed by atoms with E-state index in [4.69, 9.17) is 5.11 Å². The average molecular weight is 277 g/mol. The molecule has 19 heavy (non-hydrogen) atoms. The van der Waals surface area contributed by atoms with Crippen molar-refractivity contribution >= 4 is 12.0 Å². The summed E-state index contributed by atoms with van der Waals surface area (Å²) in [7, 11) is 1.24. The maximum Gasteiger partial charge on any atom is 0.325 e. The van der Waals surface area contributed by atoms with Crippen molar-refractivity contribution in [3.05, 3.63) is 11.9 Å². The van der Waals surface area contributed by atoms with Gasteiger partial charge in [-0.15, -0.1) is 5.10 Å². The number of halogens is 2. The molecule has 0 saturated heterocycles. The lowest BCUT2D eigenvalue weighted by Gasteiger charge is -2.16. The summed E-state index contributed by atoms with van der Waals surface area (Å²) in [5.74, 6) is -1.07. The summed E-state index contributed by atoms with van der Waals surface area (Å²) < 4.78 is 25.2. The smallest absolute Gasteiger partial charge is 0.325 e. The molecule has 0 aromatic carbocycles. The normalized spacial score (nSPS) is 10.5. The molecule has 8 nitrogen and oxygen atoms in total. The number of nitrogens with zero attached hydrogens (tertiary/aromatic N) is 4. The number of carbonyl (C=O) groups is 2. The van der Waals surface area contributed by atoms with Crippen LogP contribution in [0.1, 0.15) is 5.69 Å². The Bertz CT molecular complexity index is 451. The molecule has 0 spiro atoms. The Labute approximate surface area is 107 Å². The van der Waals surface area contributed by atoms with Crippen LogP contribution < -0.4 is 5.32 Å². The molecular weight excluding hydrogens is 264 g/mol. The number of hydrogen-bond acceptors (Lipinski definition) is 4. The molecule has 0 atom stereocenters. The Hall–Kier alpha value is -2.26. The van der Waals surface area contributed by atoms with E-state index in [1.807, 2.05) is 0 Å². The summed E-state index contributed by atoms with van der Waals surface area (Å²) in [4.78, 5) is 22.6. The maximum absolute atomic E-state index is 12.0. The number of hydrogen-bond donors (Lipinski definition) is 2. The molecule has 1 heterocycles. The van der Waals surface area contributed by atoms with Gasteiger partial charge in [-0.05, 0) is 0 Å². The Morgan fingerprint density at radius 3 is 2.84 bits per heavy atom. The Morgan fingerprint density at radius 2 is 2.26 bits per heavy atom. The second kappa shape index (κ2) is 6.61. The van der Waals surface area contributed by atoms with E-state index in [0.29, 0.717) is 5.69 Å². The lowest BCUT2D eigenvalue weighted by atomic mass is 10.4. The lowest BCUT2D eigenvalue weighted by molar-refractivity contribution is -0.137. The van der Waals surface area contributed by atoms with Gasteiger partial charge in [0.05, 0.1) is 19.3 Å². The highest BCUT2D eigenvalue weighted by molar-refractivity contribution is 5.73. The van der Waals surface area contributed by atoms with Crippen molar-refractivity contribution < 1.29 is 23.5 Å². The van der Waals surface area contributed by atoms with Crippen LogP contribution in [0, 0.1) is 0 Å². The first-order chi connectivity index (χ1) is 8.88. The van der Waals surface area contributed by atoms with Crippen LogP contribution in [0.5, 0.6) is 0 Å². The molecule has 1 aromatic rings. The number of amides is 2. The van der Waals surface area contributed by atoms with E-state index in [1.165, 1.54) is 13.2 Å². The van der Waals surface area contributed by atoms with Crippen molar-refractivity contribution in [3.63, 3.8) is 0 Å². The van der Waals surface area contributed by atoms with Crippen LogP contribution in [0.15, 0.2) is 6.20 Å². The van der Waals surface area contributed by atoms with Gasteiger partial charge in [-0.2, -0.15) is 0 Å². The van der Waals surface area contributed by atoms with Gasteiger partial charge in [-0.1, -0.05) is 5.21 Å². The first-order valence-electron chi connectivity index (χ1n) is 5.26. The number of aromatic nitrogens is 3. The van der Waals surface area contributed by atoms with Gasteiger partial charge in [-0.3, -0.25) is 4.79 Å². The molecule has 10 heteroatoms. The highest BCUT2D eigenvalue weighted by Crippen LogP contribution is 1.97. The fourth-order valence-corrected chi connectivity index (χ4v) is 1.23. The van der Waals surface area contributed by atoms with Crippen LogP contribution in [0.4, 0.5) is 13.6 Å². The lowest BCUT2D eigenvalue weighted by Crippen LogP contribution is -2.39. The predicted molar refractivity (Wildman–Crippen MR) is 58.5 cm³/mol. The van der Waals surface area contributed by atoms with Crippen molar-refractivity contribution in [1.82, 2.24) is 25.2 Å². The van der Waals surface area contributed by atoms with Crippen LogP contribution >= 0.6 is 0 Å². The number of carboxylic acids is 1. The third-order valence-electron chi connectivity index (χ3n) is 2.06. The van der Waals surface area contributed by atoms with E-state index >= 15 is 0 Å². The number of aliphatic carboxylic acids is 1. The van der Waals surface area contributed by atoms with Crippen molar-refractivity contribution in [2.24, 2.45) is 0 Å². The molecule has 0 aliphatic heterocycles. The summed E-state index contributed by atoms with van der Waals surface area (Å²) in [6.45, 7) is -1.03. The molecule has 0 radical (unpaired) electrons. The van der Waals surface area contributed by atoms with E-state index in [0.717, 1.165) is 9.58 Å². The number of alkyl halides is 2. The molecule has 0 aliphatic rings. The largest absolute Gasteiger partial charge is 0.480 e. The molecule has 106 valence electrons. The first kappa shape index (κ1) is 14.8. The molecule has 0 saturated carbocycles. The van der Waals surface area contributed by atoms with Crippen LogP contribution in [-0.2, 0) is 17.9 Å². The summed E-state index contributed by atoms with van der Waals surface area (Å²) in [6.07, 6.45) is -1.26. The molecule has 1 rings (SSSR count). The van der Waals surface area contributed by atoms with Gasteiger partial charge >= 0.3 is 12.0 Å². The molecule has 1 aromatic heterocycles. The van der Waals surface area contributed by atoms with Crippen molar-refractivity contribution in [1.29, 1.82) is 0 Å². The molecule has 0 bridgehead atoms. The van der Waals surface area contributed by atoms with Crippen LogP contribution in [0.3, 0.4) is 0 Å². The van der Waals surface area contributed by atoms with E-state index in [9.17, 15) is 18.4 Å². The van der Waals surface area contributed by atoms with Gasteiger partial charge < -0.3 is 15.3 Å². The van der Waals surface area contributed by atoms with Crippen molar-refractivity contribution in [3.8, 4) is 0 Å². The number of rotatable bonds is 6. The minimum atomic E-state index is -2.60. The molecule has 0 fully saturated rings. The quantitative estimate of drug-likeness (QED) is 0.748. The fourth-order valence-electron chi connectivity index (χ4n) is 1.23. The molecule has 0 unspecified atom stereocenters. The Kier molecular flexibility index (Phi) is 5.15. The van der Waals surface area contributed by atoms with E-state index < -0.39 is 25.0 Å². The average Bonchev–Trinajstić information content (AvgIpc) is 2.71. The zero-order chi connectivity index (χ0) is 14.4. The number of carboxylic acid groups (broad SMARTS) is 1. The number of carbonyl (C=O) groups excluding carboxylic acids is 1. The van der Waals surface area contributed by atoms with Gasteiger partial charge in [0, 0.05) is 7.05 Å². The summed E-state index contributed by atoms with van der Waals surface area (Å²) in [5, 5.41) is 18.0. The van der Waals surface area contributed by atoms with Gasteiger partial charge in [-0.25, -0.2) is 18.3 Å². The highest BCUT2D eigenvalue weighted by atomic mass is 19.3. The second-order valence-electron chi connectivity index (χ2n) is 3.73. The van der Waals surface area contributed by atoms with Gasteiger partial charge in [0.2, 0.25) is 0 Å². The van der Waals surface area contributed by atoms with E-state index in [1.54, 1.807) is 0 Å². The van der Waals surface area contributed by atoms with E-state index in [2.05, 4.69) is 15.6 Å². The van der Waals surface area contributed by atoms with E-state index in [-0.39, 0.29) is 13.1 Å².